The maximum absolute atomic E-state index is 13.6. The first kappa shape index (κ1) is 14.4. The maximum Gasteiger partial charge on any atom is 0.147 e. The molecule has 2 aromatic carbocycles. The van der Waals surface area contributed by atoms with E-state index in [0.29, 0.717) is 10.7 Å². The third-order valence-corrected chi connectivity index (χ3v) is 3.65. The molecule has 0 bridgehead atoms. The summed E-state index contributed by atoms with van der Waals surface area (Å²) in [5, 5.41) is 3.53. The van der Waals surface area contributed by atoms with Gasteiger partial charge >= 0.3 is 0 Å². The highest BCUT2D eigenvalue weighted by Crippen LogP contribution is 2.25. The van der Waals surface area contributed by atoms with E-state index in [0.717, 1.165) is 10.9 Å². The quantitative estimate of drug-likeness (QED) is 0.796. The van der Waals surface area contributed by atoms with Crippen molar-refractivity contribution in [1.29, 1.82) is 0 Å². The number of benzene rings is 2. The molecule has 4 heteroatoms. The lowest BCUT2D eigenvalue weighted by Crippen LogP contribution is -2.19. The largest absolute Gasteiger partial charge is 0.379 e. The fourth-order valence-corrected chi connectivity index (χ4v) is 2.39. The van der Waals surface area contributed by atoms with Crippen molar-refractivity contribution in [2.24, 2.45) is 0 Å². The van der Waals surface area contributed by atoms with Gasteiger partial charge in [0.2, 0.25) is 0 Å². The maximum atomic E-state index is 13.6. The van der Waals surface area contributed by atoms with E-state index in [-0.39, 0.29) is 11.9 Å². The van der Waals surface area contributed by atoms with Gasteiger partial charge in [0, 0.05) is 10.5 Å². The molecular formula is C15H14BrClFN. The molecular weight excluding hydrogens is 329 g/mol. The number of hydrogen-bond donors (Lipinski definition) is 1. The number of hydrogen-bond acceptors (Lipinski definition) is 1. The van der Waals surface area contributed by atoms with Crippen LogP contribution in [0.3, 0.4) is 0 Å². The number of para-hydroxylation sites is 1. The highest BCUT2D eigenvalue weighted by molar-refractivity contribution is 9.10. The lowest BCUT2D eigenvalue weighted by Gasteiger charge is -2.17. The molecule has 0 fully saturated rings. The van der Waals surface area contributed by atoms with Crippen molar-refractivity contribution in [3.05, 3.63) is 63.3 Å². The standard InChI is InChI=1S/C15H14BrClFN/c1-10(9-11-5-7-12(16)8-6-11)19-15-13(17)3-2-4-14(15)18/h2-8,10,19H,9H2,1H3. The van der Waals surface area contributed by atoms with E-state index in [1.54, 1.807) is 12.1 Å². The van der Waals surface area contributed by atoms with Gasteiger partial charge in [-0.05, 0) is 43.2 Å². The molecule has 0 heterocycles. The van der Waals surface area contributed by atoms with Gasteiger partial charge in [-0.3, -0.25) is 0 Å². The van der Waals surface area contributed by atoms with Gasteiger partial charge < -0.3 is 5.32 Å². The Bertz CT molecular complexity index is 536. The number of halogens is 3. The van der Waals surface area contributed by atoms with Crippen LogP contribution in [-0.2, 0) is 6.42 Å². The molecule has 0 aliphatic heterocycles. The first-order chi connectivity index (χ1) is 9.06. The monoisotopic (exact) mass is 341 g/mol. The van der Waals surface area contributed by atoms with Crippen LogP contribution in [0.1, 0.15) is 12.5 Å². The normalized spacial score (nSPS) is 12.2. The zero-order chi connectivity index (χ0) is 13.8. The molecule has 0 saturated carbocycles. The van der Waals surface area contributed by atoms with E-state index in [9.17, 15) is 4.39 Å². The first-order valence-electron chi connectivity index (χ1n) is 6.01. The molecule has 0 spiro atoms. The Morgan fingerprint density at radius 2 is 1.89 bits per heavy atom. The summed E-state index contributed by atoms with van der Waals surface area (Å²) in [6.07, 6.45) is 0.804. The molecule has 100 valence electrons. The van der Waals surface area contributed by atoms with Crippen LogP contribution in [0.15, 0.2) is 46.9 Å². The summed E-state index contributed by atoms with van der Waals surface area (Å²) in [7, 11) is 0. The predicted molar refractivity (Wildman–Crippen MR) is 82.3 cm³/mol. The van der Waals surface area contributed by atoms with Gasteiger partial charge in [-0.15, -0.1) is 0 Å². The van der Waals surface area contributed by atoms with Crippen molar-refractivity contribution in [2.75, 3.05) is 5.32 Å². The Hall–Kier alpha value is -1.06. The summed E-state index contributed by atoms with van der Waals surface area (Å²) in [6.45, 7) is 2.00. The lowest BCUT2D eigenvalue weighted by molar-refractivity contribution is 0.626. The lowest BCUT2D eigenvalue weighted by atomic mass is 10.1. The zero-order valence-electron chi connectivity index (χ0n) is 10.5. The minimum absolute atomic E-state index is 0.0931. The molecule has 1 nitrogen and oxygen atoms in total. The van der Waals surface area contributed by atoms with Crippen LogP contribution >= 0.6 is 27.5 Å². The van der Waals surface area contributed by atoms with Crippen LogP contribution in [0.4, 0.5) is 10.1 Å². The average molecular weight is 343 g/mol. The molecule has 1 atom stereocenters. The summed E-state index contributed by atoms with van der Waals surface area (Å²) >= 11 is 9.39. The van der Waals surface area contributed by atoms with Crippen LogP contribution in [0.2, 0.25) is 5.02 Å². The van der Waals surface area contributed by atoms with Gasteiger partial charge in [0.25, 0.3) is 0 Å². The molecule has 1 N–H and O–H groups in total. The molecule has 0 aliphatic rings. The summed E-state index contributed by atoms with van der Waals surface area (Å²) in [6, 6.07) is 12.9. The number of anilines is 1. The average Bonchev–Trinajstić information content (AvgIpc) is 2.37. The Kier molecular flexibility index (Phi) is 4.83. The number of rotatable bonds is 4. The highest BCUT2D eigenvalue weighted by atomic mass is 79.9. The van der Waals surface area contributed by atoms with Crippen molar-refractivity contribution in [1.82, 2.24) is 0 Å². The summed E-state index contributed by atoms with van der Waals surface area (Å²) in [5.41, 5.74) is 1.56. The highest BCUT2D eigenvalue weighted by Gasteiger charge is 2.10. The van der Waals surface area contributed by atoms with E-state index in [1.165, 1.54) is 11.6 Å². The van der Waals surface area contributed by atoms with Gasteiger partial charge in [-0.25, -0.2) is 4.39 Å². The minimum atomic E-state index is -0.324. The second-order valence-electron chi connectivity index (χ2n) is 4.47. The van der Waals surface area contributed by atoms with Gasteiger partial charge in [0.15, 0.2) is 0 Å². The third-order valence-electron chi connectivity index (χ3n) is 2.81. The molecule has 0 radical (unpaired) electrons. The molecule has 0 aliphatic carbocycles. The van der Waals surface area contributed by atoms with Crippen molar-refractivity contribution >= 4 is 33.2 Å². The van der Waals surface area contributed by atoms with E-state index in [1.807, 2.05) is 31.2 Å². The second kappa shape index (κ2) is 6.40. The molecule has 1 unspecified atom stereocenters. The minimum Gasteiger partial charge on any atom is -0.379 e. The summed E-state index contributed by atoms with van der Waals surface area (Å²) in [5.74, 6) is -0.324. The van der Waals surface area contributed by atoms with E-state index < -0.39 is 0 Å². The third kappa shape index (κ3) is 3.95. The predicted octanol–water partition coefficient (Wildman–Crippen LogP) is 5.28. The van der Waals surface area contributed by atoms with Crippen LogP contribution in [0.5, 0.6) is 0 Å². The van der Waals surface area contributed by atoms with Gasteiger partial charge in [-0.1, -0.05) is 45.7 Å². The fraction of sp³-hybridized carbons (Fsp3) is 0.200. The van der Waals surface area contributed by atoms with Crippen LogP contribution in [-0.4, -0.2) is 6.04 Å². The smallest absolute Gasteiger partial charge is 0.147 e. The molecule has 0 amide bonds. The van der Waals surface area contributed by atoms with Crippen molar-refractivity contribution in [3.8, 4) is 0 Å². The first-order valence-corrected chi connectivity index (χ1v) is 7.18. The molecule has 0 saturated heterocycles. The topological polar surface area (TPSA) is 12.0 Å². The summed E-state index contributed by atoms with van der Waals surface area (Å²) < 4.78 is 14.7. The van der Waals surface area contributed by atoms with Gasteiger partial charge in [0.05, 0.1) is 10.7 Å². The molecule has 2 rings (SSSR count). The zero-order valence-corrected chi connectivity index (χ0v) is 12.8. The van der Waals surface area contributed by atoms with Crippen LogP contribution in [0, 0.1) is 5.82 Å². The summed E-state index contributed by atoms with van der Waals surface area (Å²) in [4.78, 5) is 0. The Balaban J connectivity index is 2.05. The van der Waals surface area contributed by atoms with Crippen molar-refractivity contribution in [3.63, 3.8) is 0 Å². The van der Waals surface area contributed by atoms with E-state index in [4.69, 9.17) is 11.6 Å². The number of nitrogens with one attached hydrogen (secondary N) is 1. The van der Waals surface area contributed by atoms with Gasteiger partial charge in [-0.2, -0.15) is 0 Å². The fourth-order valence-electron chi connectivity index (χ4n) is 1.91. The molecule has 19 heavy (non-hydrogen) atoms. The Labute approximate surface area is 125 Å². The molecule has 0 aromatic heterocycles. The second-order valence-corrected chi connectivity index (χ2v) is 5.80. The van der Waals surface area contributed by atoms with Gasteiger partial charge in [0.1, 0.15) is 5.82 Å². The molecule has 2 aromatic rings. The Morgan fingerprint density at radius 3 is 2.53 bits per heavy atom. The van der Waals surface area contributed by atoms with Crippen LogP contribution in [0.25, 0.3) is 0 Å². The van der Waals surface area contributed by atoms with E-state index in [2.05, 4.69) is 21.2 Å². The Morgan fingerprint density at radius 1 is 1.21 bits per heavy atom. The van der Waals surface area contributed by atoms with Crippen molar-refractivity contribution in [2.45, 2.75) is 19.4 Å². The van der Waals surface area contributed by atoms with E-state index >= 15 is 0 Å². The van der Waals surface area contributed by atoms with Crippen molar-refractivity contribution < 1.29 is 4.39 Å². The van der Waals surface area contributed by atoms with Crippen LogP contribution < -0.4 is 5.32 Å². The SMILES string of the molecule is CC(Cc1ccc(Br)cc1)Nc1c(F)cccc1Cl.